The fraction of sp³-hybridized carbons (Fsp3) is 0.182. The van der Waals surface area contributed by atoms with E-state index in [0.717, 1.165) is 17.1 Å². The number of allylic oxidation sites excluding steroid dienone is 1. The Bertz CT molecular complexity index is 303. The molecule has 0 unspecified atom stereocenters. The summed E-state index contributed by atoms with van der Waals surface area (Å²) in [5, 5.41) is 0. The van der Waals surface area contributed by atoms with Crippen LogP contribution in [-0.2, 0) is 0 Å². The molecule has 0 atom stereocenters. The molecule has 0 fully saturated rings. The van der Waals surface area contributed by atoms with E-state index in [4.69, 9.17) is 9.47 Å². The molecule has 0 aliphatic heterocycles. The molecule has 69 valence electrons. The summed E-state index contributed by atoms with van der Waals surface area (Å²) >= 11 is 0. The highest BCUT2D eigenvalue weighted by Crippen LogP contribution is 2.25. The fourth-order valence-corrected chi connectivity index (χ4v) is 1.08. The number of benzene rings is 1. The molecule has 1 radical (unpaired) electrons. The maximum absolute atomic E-state index is 5.18. The van der Waals surface area contributed by atoms with Gasteiger partial charge in [-0.05, 0) is 19.1 Å². The highest BCUT2D eigenvalue weighted by Gasteiger charge is 2.00. The Balaban J connectivity index is 3.07. The number of rotatable bonds is 3. The highest BCUT2D eigenvalue weighted by molar-refractivity contribution is 5.59. The monoisotopic (exact) mass is 177 g/mol. The molecule has 0 spiro atoms. The van der Waals surface area contributed by atoms with Crippen LogP contribution in [0.2, 0.25) is 0 Å². The van der Waals surface area contributed by atoms with Crippen LogP contribution in [0.25, 0.3) is 6.08 Å². The van der Waals surface area contributed by atoms with Crippen molar-refractivity contribution >= 4 is 6.08 Å². The zero-order chi connectivity index (χ0) is 9.68. The highest BCUT2D eigenvalue weighted by atomic mass is 16.5. The summed E-state index contributed by atoms with van der Waals surface area (Å²) in [5.74, 6) is 1.58. The standard InChI is InChI=1S/C11H13O2/c1-4-5-9-6-7-10(12-2)8-11(9)13-3/h4-8H,1H2,2-3H3. The van der Waals surface area contributed by atoms with Crippen molar-refractivity contribution in [1.82, 2.24) is 0 Å². The molecule has 1 rings (SSSR count). The van der Waals surface area contributed by atoms with Crippen LogP contribution in [-0.4, -0.2) is 14.2 Å². The molecule has 0 heterocycles. The quantitative estimate of drug-likeness (QED) is 0.706. The molecular weight excluding hydrogens is 164 g/mol. The topological polar surface area (TPSA) is 18.5 Å². The van der Waals surface area contributed by atoms with Crippen LogP contribution in [0, 0.1) is 6.92 Å². The summed E-state index contributed by atoms with van der Waals surface area (Å²) in [5.41, 5.74) is 0.998. The summed E-state index contributed by atoms with van der Waals surface area (Å²) in [6.07, 6.45) is 3.61. The normalized spacial score (nSPS) is 10.4. The van der Waals surface area contributed by atoms with Gasteiger partial charge in [-0.2, -0.15) is 0 Å². The van der Waals surface area contributed by atoms with Gasteiger partial charge in [0.15, 0.2) is 0 Å². The lowest BCUT2D eigenvalue weighted by Crippen LogP contribution is -1.89. The second kappa shape index (κ2) is 4.55. The number of hydrogen-bond acceptors (Lipinski definition) is 2. The molecular formula is C11H13O2. The van der Waals surface area contributed by atoms with Crippen molar-refractivity contribution in [3.63, 3.8) is 0 Å². The van der Waals surface area contributed by atoms with Gasteiger partial charge in [0.05, 0.1) is 14.2 Å². The summed E-state index contributed by atoms with van der Waals surface area (Å²) in [6.45, 7) is 3.63. The second-order valence-electron chi connectivity index (χ2n) is 2.51. The maximum Gasteiger partial charge on any atom is 0.129 e. The summed E-state index contributed by atoms with van der Waals surface area (Å²) in [4.78, 5) is 0. The predicted molar refractivity (Wildman–Crippen MR) is 53.9 cm³/mol. The van der Waals surface area contributed by atoms with Crippen molar-refractivity contribution in [2.45, 2.75) is 0 Å². The van der Waals surface area contributed by atoms with Crippen molar-refractivity contribution in [1.29, 1.82) is 0 Å². The van der Waals surface area contributed by atoms with Crippen molar-refractivity contribution in [3.8, 4) is 11.5 Å². The third-order valence-electron chi connectivity index (χ3n) is 1.74. The van der Waals surface area contributed by atoms with Gasteiger partial charge in [0, 0.05) is 11.6 Å². The van der Waals surface area contributed by atoms with E-state index < -0.39 is 0 Å². The largest absolute Gasteiger partial charge is 0.497 e. The summed E-state index contributed by atoms with van der Waals surface area (Å²) in [7, 11) is 3.26. The first kappa shape index (κ1) is 9.65. The molecule has 0 saturated heterocycles. The van der Waals surface area contributed by atoms with Gasteiger partial charge in [-0.1, -0.05) is 12.2 Å². The van der Waals surface area contributed by atoms with E-state index >= 15 is 0 Å². The minimum absolute atomic E-state index is 0.790. The summed E-state index contributed by atoms with van der Waals surface area (Å²) in [6, 6.07) is 5.66. The minimum Gasteiger partial charge on any atom is -0.497 e. The molecule has 0 N–H and O–H groups in total. The number of ether oxygens (including phenoxy) is 2. The number of hydrogen-bond donors (Lipinski definition) is 0. The lowest BCUT2D eigenvalue weighted by Gasteiger charge is -2.06. The van der Waals surface area contributed by atoms with Gasteiger partial charge in [0.1, 0.15) is 11.5 Å². The summed E-state index contributed by atoms with van der Waals surface area (Å²) < 4.78 is 10.3. The van der Waals surface area contributed by atoms with Crippen molar-refractivity contribution in [2.75, 3.05) is 14.2 Å². The Kier molecular flexibility index (Phi) is 3.38. The van der Waals surface area contributed by atoms with E-state index in [2.05, 4.69) is 6.92 Å². The number of methoxy groups -OCH3 is 2. The molecule has 0 aliphatic rings. The van der Waals surface area contributed by atoms with Gasteiger partial charge in [-0.3, -0.25) is 0 Å². The molecule has 0 aliphatic carbocycles. The van der Waals surface area contributed by atoms with E-state index in [9.17, 15) is 0 Å². The Morgan fingerprint density at radius 2 is 2.00 bits per heavy atom. The third-order valence-corrected chi connectivity index (χ3v) is 1.74. The van der Waals surface area contributed by atoms with Crippen LogP contribution >= 0.6 is 0 Å². The van der Waals surface area contributed by atoms with Crippen molar-refractivity contribution in [3.05, 3.63) is 36.8 Å². The van der Waals surface area contributed by atoms with Crippen LogP contribution < -0.4 is 9.47 Å². The first-order chi connectivity index (χ1) is 6.31. The Morgan fingerprint density at radius 1 is 1.23 bits per heavy atom. The molecule has 13 heavy (non-hydrogen) atoms. The van der Waals surface area contributed by atoms with Gasteiger partial charge in [0.2, 0.25) is 0 Å². The molecule has 0 bridgehead atoms. The first-order valence-electron chi connectivity index (χ1n) is 3.99. The van der Waals surface area contributed by atoms with Gasteiger partial charge < -0.3 is 9.47 Å². The van der Waals surface area contributed by atoms with Gasteiger partial charge in [-0.15, -0.1) is 0 Å². The van der Waals surface area contributed by atoms with Crippen LogP contribution in [0.4, 0.5) is 0 Å². The third kappa shape index (κ3) is 2.25. The smallest absolute Gasteiger partial charge is 0.129 e. The van der Waals surface area contributed by atoms with E-state index in [0.29, 0.717) is 0 Å². The van der Waals surface area contributed by atoms with E-state index in [1.54, 1.807) is 20.3 Å². The SMILES string of the molecule is [CH2]C=Cc1ccc(OC)cc1OC. The molecule has 0 aromatic heterocycles. The zero-order valence-corrected chi connectivity index (χ0v) is 7.91. The van der Waals surface area contributed by atoms with Crippen molar-refractivity contribution in [2.24, 2.45) is 0 Å². The van der Waals surface area contributed by atoms with Crippen LogP contribution in [0.3, 0.4) is 0 Å². The Morgan fingerprint density at radius 3 is 2.54 bits per heavy atom. The van der Waals surface area contributed by atoms with Crippen LogP contribution in [0.15, 0.2) is 24.3 Å². The molecule has 2 nitrogen and oxygen atoms in total. The Hall–Kier alpha value is -1.44. The molecule has 0 amide bonds. The van der Waals surface area contributed by atoms with Gasteiger partial charge >= 0.3 is 0 Å². The average molecular weight is 177 g/mol. The maximum atomic E-state index is 5.18. The Labute approximate surface area is 78.8 Å². The average Bonchev–Trinajstić information content (AvgIpc) is 2.19. The molecule has 0 saturated carbocycles. The van der Waals surface area contributed by atoms with Gasteiger partial charge in [0.25, 0.3) is 0 Å². The second-order valence-corrected chi connectivity index (χ2v) is 2.51. The lowest BCUT2D eigenvalue weighted by atomic mass is 10.2. The molecule has 1 aromatic carbocycles. The van der Waals surface area contributed by atoms with Crippen LogP contribution in [0.5, 0.6) is 11.5 Å². The fourth-order valence-electron chi connectivity index (χ4n) is 1.08. The van der Waals surface area contributed by atoms with Crippen LogP contribution in [0.1, 0.15) is 5.56 Å². The molecule has 1 aromatic rings. The van der Waals surface area contributed by atoms with Gasteiger partial charge in [-0.25, -0.2) is 0 Å². The first-order valence-corrected chi connectivity index (χ1v) is 3.99. The predicted octanol–water partition coefficient (Wildman–Crippen LogP) is 2.55. The van der Waals surface area contributed by atoms with E-state index in [1.807, 2.05) is 24.3 Å². The zero-order valence-electron chi connectivity index (χ0n) is 7.91. The van der Waals surface area contributed by atoms with E-state index in [-0.39, 0.29) is 0 Å². The lowest BCUT2D eigenvalue weighted by molar-refractivity contribution is 0.394. The van der Waals surface area contributed by atoms with E-state index in [1.165, 1.54) is 0 Å². The van der Waals surface area contributed by atoms with Crippen molar-refractivity contribution < 1.29 is 9.47 Å². The minimum atomic E-state index is 0.790. The molecule has 2 heteroatoms.